The lowest BCUT2D eigenvalue weighted by molar-refractivity contribution is 0.248. The van der Waals surface area contributed by atoms with Gasteiger partial charge in [-0.05, 0) is 24.6 Å². The smallest absolute Gasteiger partial charge is 0.242 e. The molecule has 0 saturated carbocycles. The van der Waals surface area contributed by atoms with Crippen LogP contribution in [0.15, 0.2) is 24.4 Å². The molecule has 1 N–H and O–H groups in total. The summed E-state index contributed by atoms with van der Waals surface area (Å²) in [4.78, 5) is 18.4. The summed E-state index contributed by atoms with van der Waals surface area (Å²) < 4.78 is 6.90. The molecule has 1 fully saturated rings. The Hall–Kier alpha value is -2.45. The van der Waals surface area contributed by atoms with Gasteiger partial charge in [-0.15, -0.1) is 11.3 Å². The van der Waals surface area contributed by atoms with E-state index in [0.717, 1.165) is 61.4 Å². The van der Waals surface area contributed by atoms with Crippen LogP contribution in [0.5, 0.6) is 5.88 Å². The minimum atomic E-state index is 0.653. The summed E-state index contributed by atoms with van der Waals surface area (Å²) in [6.45, 7) is 8.31. The highest BCUT2D eigenvalue weighted by Gasteiger charge is 2.21. The molecular weight excluding hydrogens is 360 g/mol. The molecule has 3 aromatic rings. The first-order chi connectivity index (χ1) is 13.2. The van der Waals surface area contributed by atoms with Crippen LogP contribution in [0.3, 0.4) is 0 Å². The Balaban J connectivity index is 1.23. The van der Waals surface area contributed by atoms with Gasteiger partial charge in [0, 0.05) is 39.3 Å². The van der Waals surface area contributed by atoms with E-state index in [-0.39, 0.29) is 0 Å². The quantitative estimate of drug-likeness (QED) is 0.747. The largest absolute Gasteiger partial charge is 0.474 e. The normalized spacial score (nSPS) is 17.4. The van der Waals surface area contributed by atoms with Gasteiger partial charge in [-0.2, -0.15) is 4.98 Å². The van der Waals surface area contributed by atoms with Crippen LogP contribution in [-0.2, 0) is 6.54 Å². The van der Waals surface area contributed by atoms with Crippen LogP contribution in [0, 0.1) is 6.92 Å². The van der Waals surface area contributed by atoms with E-state index >= 15 is 0 Å². The summed E-state index contributed by atoms with van der Waals surface area (Å²) in [5.74, 6) is 1.43. The van der Waals surface area contributed by atoms with Gasteiger partial charge in [-0.25, -0.2) is 9.97 Å². The number of nitrogens with one attached hydrogen (secondary N) is 1. The summed E-state index contributed by atoms with van der Waals surface area (Å²) >= 11 is 1.75. The van der Waals surface area contributed by atoms with Gasteiger partial charge >= 0.3 is 0 Å². The third-order valence-electron chi connectivity index (χ3n) is 5.02. The number of aryl methyl sites for hydroxylation is 1. The molecule has 0 unspecified atom stereocenters. The molecule has 0 aliphatic carbocycles. The fourth-order valence-electron chi connectivity index (χ4n) is 3.63. The molecule has 27 heavy (non-hydrogen) atoms. The predicted molar refractivity (Wildman–Crippen MR) is 108 cm³/mol. The molecule has 1 aromatic carbocycles. The van der Waals surface area contributed by atoms with E-state index in [0.29, 0.717) is 12.5 Å². The lowest BCUT2D eigenvalue weighted by atomic mass is 10.2. The van der Waals surface area contributed by atoms with E-state index in [1.54, 1.807) is 11.3 Å². The zero-order valence-corrected chi connectivity index (χ0v) is 16.1. The van der Waals surface area contributed by atoms with Crippen molar-refractivity contribution in [2.75, 3.05) is 49.5 Å². The van der Waals surface area contributed by atoms with Crippen LogP contribution >= 0.6 is 11.3 Å². The van der Waals surface area contributed by atoms with E-state index in [2.05, 4.69) is 55.2 Å². The number of nitrogens with zero attached hydrogens (tertiary/aromatic N) is 5. The molecule has 0 atom stereocenters. The molecular formula is C19H22N6OS. The van der Waals surface area contributed by atoms with E-state index in [1.807, 2.05) is 6.20 Å². The second-order valence-corrected chi connectivity index (χ2v) is 8.20. The Bertz CT molecular complexity index is 966. The summed E-state index contributed by atoms with van der Waals surface area (Å²) in [5.41, 5.74) is 3.33. The van der Waals surface area contributed by atoms with Gasteiger partial charge in [-0.3, -0.25) is 4.90 Å². The molecule has 0 radical (unpaired) electrons. The SMILES string of the molecule is Cc1nc2cc(CN3CCN(c4ncc5c(n4)OCCN5)CC3)ccc2s1. The zero-order chi connectivity index (χ0) is 18.2. The van der Waals surface area contributed by atoms with E-state index in [4.69, 9.17) is 4.74 Å². The van der Waals surface area contributed by atoms with Crippen molar-refractivity contribution in [3.05, 3.63) is 35.0 Å². The molecule has 0 amide bonds. The fraction of sp³-hybridized carbons (Fsp3) is 0.421. The molecule has 4 heterocycles. The number of anilines is 2. The number of rotatable bonds is 3. The summed E-state index contributed by atoms with van der Waals surface area (Å²) in [7, 11) is 0. The average molecular weight is 382 g/mol. The highest BCUT2D eigenvalue weighted by atomic mass is 32.1. The monoisotopic (exact) mass is 382 g/mol. The standard InChI is InChI=1S/C19H22N6OS/c1-13-22-15-10-14(2-3-17(15)27-13)12-24-5-7-25(8-6-24)19-21-11-16-18(23-19)26-9-4-20-16/h2-3,10-11,20H,4-9,12H2,1H3. The van der Waals surface area contributed by atoms with Gasteiger partial charge < -0.3 is 15.0 Å². The minimum Gasteiger partial charge on any atom is -0.474 e. The highest BCUT2D eigenvalue weighted by molar-refractivity contribution is 7.18. The Morgan fingerprint density at radius 2 is 2.07 bits per heavy atom. The van der Waals surface area contributed by atoms with Crippen molar-refractivity contribution in [1.82, 2.24) is 19.9 Å². The number of hydrogen-bond acceptors (Lipinski definition) is 8. The number of ether oxygens (including phenoxy) is 1. The first-order valence-corrected chi connectivity index (χ1v) is 10.1. The summed E-state index contributed by atoms with van der Waals surface area (Å²) in [6.07, 6.45) is 1.83. The average Bonchev–Trinajstić information content (AvgIpc) is 3.07. The van der Waals surface area contributed by atoms with Crippen LogP contribution in [0.2, 0.25) is 0 Å². The van der Waals surface area contributed by atoms with Gasteiger partial charge in [0.15, 0.2) is 0 Å². The van der Waals surface area contributed by atoms with Gasteiger partial charge in [-0.1, -0.05) is 6.07 Å². The van der Waals surface area contributed by atoms with Crippen molar-refractivity contribution >= 4 is 33.2 Å². The maximum atomic E-state index is 5.64. The van der Waals surface area contributed by atoms with Gasteiger partial charge in [0.1, 0.15) is 12.3 Å². The van der Waals surface area contributed by atoms with Crippen molar-refractivity contribution in [1.29, 1.82) is 0 Å². The van der Waals surface area contributed by atoms with E-state index < -0.39 is 0 Å². The van der Waals surface area contributed by atoms with Crippen molar-refractivity contribution < 1.29 is 4.74 Å². The van der Waals surface area contributed by atoms with Crippen molar-refractivity contribution in [2.24, 2.45) is 0 Å². The Morgan fingerprint density at radius 3 is 2.96 bits per heavy atom. The van der Waals surface area contributed by atoms with Crippen molar-refractivity contribution in [3.8, 4) is 5.88 Å². The Labute approximate surface area is 162 Å². The van der Waals surface area contributed by atoms with Crippen LogP contribution in [-0.4, -0.2) is 59.2 Å². The lowest BCUT2D eigenvalue weighted by Crippen LogP contribution is -2.46. The second-order valence-electron chi connectivity index (χ2n) is 6.96. The minimum absolute atomic E-state index is 0.653. The highest BCUT2D eigenvalue weighted by Crippen LogP contribution is 2.27. The van der Waals surface area contributed by atoms with Gasteiger partial charge in [0.2, 0.25) is 11.8 Å². The Morgan fingerprint density at radius 1 is 1.19 bits per heavy atom. The predicted octanol–water partition coefficient (Wildman–Crippen LogP) is 2.52. The third-order valence-corrected chi connectivity index (χ3v) is 5.97. The number of piperazine rings is 1. The van der Waals surface area contributed by atoms with Crippen LogP contribution in [0.1, 0.15) is 10.6 Å². The Kier molecular flexibility index (Phi) is 4.29. The van der Waals surface area contributed by atoms with Gasteiger partial charge in [0.05, 0.1) is 21.4 Å². The molecule has 7 nitrogen and oxygen atoms in total. The molecule has 1 saturated heterocycles. The lowest BCUT2D eigenvalue weighted by Gasteiger charge is -2.35. The molecule has 0 bridgehead atoms. The van der Waals surface area contributed by atoms with E-state index in [1.165, 1.54) is 10.3 Å². The molecule has 0 spiro atoms. The molecule has 140 valence electrons. The summed E-state index contributed by atoms with van der Waals surface area (Å²) in [5, 5.41) is 4.39. The van der Waals surface area contributed by atoms with Crippen molar-refractivity contribution in [3.63, 3.8) is 0 Å². The number of aromatic nitrogens is 3. The van der Waals surface area contributed by atoms with Crippen molar-refractivity contribution in [2.45, 2.75) is 13.5 Å². The van der Waals surface area contributed by atoms with Crippen LogP contribution < -0.4 is 15.0 Å². The van der Waals surface area contributed by atoms with Gasteiger partial charge in [0.25, 0.3) is 0 Å². The molecule has 2 aliphatic heterocycles. The van der Waals surface area contributed by atoms with Crippen LogP contribution in [0.4, 0.5) is 11.6 Å². The zero-order valence-electron chi connectivity index (χ0n) is 15.3. The maximum Gasteiger partial charge on any atom is 0.242 e. The third kappa shape index (κ3) is 3.42. The second kappa shape index (κ2) is 6.94. The fourth-order valence-corrected chi connectivity index (χ4v) is 4.43. The summed E-state index contributed by atoms with van der Waals surface area (Å²) in [6, 6.07) is 6.64. The number of hydrogen-bond donors (Lipinski definition) is 1. The van der Waals surface area contributed by atoms with Crippen LogP contribution in [0.25, 0.3) is 10.2 Å². The molecule has 5 rings (SSSR count). The first kappa shape index (κ1) is 16.7. The molecule has 2 aromatic heterocycles. The topological polar surface area (TPSA) is 66.4 Å². The number of benzene rings is 1. The molecule has 2 aliphatic rings. The molecule has 8 heteroatoms. The number of thiazole rings is 1. The maximum absolute atomic E-state index is 5.64. The first-order valence-electron chi connectivity index (χ1n) is 9.32. The van der Waals surface area contributed by atoms with E-state index in [9.17, 15) is 0 Å². The number of fused-ring (bicyclic) bond motifs is 2.